The Bertz CT molecular complexity index is 371. The molecule has 0 fully saturated rings. The third-order valence-corrected chi connectivity index (χ3v) is 2.63. The third-order valence-electron chi connectivity index (χ3n) is 2.14. The summed E-state index contributed by atoms with van der Waals surface area (Å²) < 4.78 is 5.91. The summed E-state index contributed by atoms with van der Waals surface area (Å²) in [5, 5.41) is 5.88. The lowest BCUT2D eigenvalue weighted by Crippen LogP contribution is -2.36. The van der Waals surface area contributed by atoms with Crippen molar-refractivity contribution in [3.63, 3.8) is 0 Å². The van der Waals surface area contributed by atoms with Crippen LogP contribution in [0.2, 0.25) is 0 Å². The summed E-state index contributed by atoms with van der Waals surface area (Å²) in [5.74, 6) is -0.0638. The molecular formula is C12H17BrN2O2. The van der Waals surface area contributed by atoms with Crippen molar-refractivity contribution in [1.29, 1.82) is 0 Å². The maximum absolute atomic E-state index is 11.6. The maximum Gasteiger partial charge on any atom is 0.238 e. The van der Waals surface area contributed by atoms with Gasteiger partial charge in [-0.15, -0.1) is 0 Å². The molecule has 0 aromatic heterocycles. The summed E-state index contributed by atoms with van der Waals surface area (Å²) in [4.78, 5) is 11.6. The van der Waals surface area contributed by atoms with Crippen LogP contribution in [0.1, 0.15) is 6.92 Å². The fraction of sp³-hybridized carbons (Fsp3) is 0.417. The van der Waals surface area contributed by atoms with E-state index in [4.69, 9.17) is 4.74 Å². The van der Waals surface area contributed by atoms with E-state index >= 15 is 0 Å². The Morgan fingerprint density at radius 2 is 2.29 bits per heavy atom. The molecule has 94 valence electrons. The summed E-state index contributed by atoms with van der Waals surface area (Å²) in [6, 6.07) is 7.65. The van der Waals surface area contributed by atoms with Gasteiger partial charge in [0.2, 0.25) is 5.91 Å². The number of carbonyl (C=O) groups excluding carboxylic acids is 1. The average molecular weight is 301 g/mol. The molecule has 5 heteroatoms. The van der Waals surface area contributed by atoms with E-state index in [0.29, 0.717) is 6.61 Å². The standard InChI is InChI=1S/C12H17BrN2O2/c1-9(8-17-2)14-7-12(16)15-11-5-3-4-10(13)6-11/h3-6,9,14H,7-8H2,1-2H3,(H,15,16). The van der Waals surface area contributed by atoms with E-state index in [9.17, 15) is 4.79 Å². The van der Waals surface area contributed by atoms with Crippen molar-refractivity contribution in [1.82, 2.24) is 5.32 Å². The largest absolute Gasteiger partial charge is 0.383 e. The van der Waals surface area contributed by atoms with Gasteiger partial charge < -0.3 is 15.4 Å². The highest BCUT2D eigenvalue weighted by Gasteiger charge is 2.05. The molecule has 0 aliphatic carbocycles. The molecule has 0 aliphatic heterocycles. The Labute approximate surface area is 110 Å². The fourth-order valence-electron chi connectivity index (χ4n) is 1.35. The van der Waals surface area contributed by atoms with Gasteiger partial charge >= 0.3 is 0 Å². The molecule has 1 unspecified atom stereocenters. The molecule has 0 bridgehead atoms. The van der Waals surface area contributed by atoms with Gasteiger partial charge in [-0.2, -0.15) is 0 Å². The van der Waals surface area contributed by atoms with Crippen molar-refractivity contribution in [2.75, 3.05) is 25.6 Å². The van der Waals surface area contributed by atoms with Gasteiger partial charge in [0.1, 0.15) is 0 Å². The van der Waals surface area contributed by atoms with E-state index < -0.39 is 0 Å². The molecule has 1 amide bonds. The van der Waals surface area contributed by atoms with Crippen LogP contribution in [-0.4, -0.2) is 32.2 Å². The Morgan fingerprint density at radius 1 is 1.53 bits per heavy atom. The summed E-state index contributed by atoms with van der Waals surface area (Å²) in [6.45, 7) is 2.83. The predicted molar refractivity (Wildman–Crippen MR) is 72.1 cm³/mol. The molecule has 0 aliphatic rings. The summed E-state index contributed by atoms with van der Waals surface area (Å²) >= 11 is 3.35. The van der Waals surface area contributed by atoms with Crippen LogP contribution in [0.3, 0.4) is 0 Å². The lowest BCUT2D eigenvalue weighted by Gasteiger charge is -2.12. The molecule has 1 aromatic carbocycles. The minimum Gasteiger partial charge on any atom is -0.383 e. The van der Waals surface area contributed by atoms with Gasteiger partial charge in [-0.25, -0.2) is 0 Å². The first kappa shape index (κ1) is 14.2. The minimum absolute atomic E-state index is 0.0638. The van der Waals surface area contributed by atoms with E-state index in [2.05, 4.69) is 26.6 Å². The first-order valence-electron chi connectivity index (χ1n) is 5.39. The lowest BCUT2D eigenvalue weighted by molar-refractivity contribution is -0.115. The van der Waals surface area contributed by atoms with Crippen LogP contribution in [0.5, 0.6) is 0 Å². The topological polar surface area (TPSA) is 50.4 Å². The SMILES string of the molecule is COCC(C)NCC(=O)Nc1cccc(Br)c1. The number of hydrogen-bond donors (Lipinski definition) is 2. The monoisotopic (exact) mass is 300 g/mol. The average Bonchev–Trinajstić information content (AvgIpc) is 2.27. The molecule has 2 N–H and O–H groups in total. The number of rotatable bonds is 6. The second-order valence-corrected chi connectivity index (χ2v) is 4.71. The zero-order valence-corrected chi connectivity index (χ0v) is 11.6. The smallest absolute Gasteiger partial charge is 0.238 e. The third kappa shape index (κ3) is 5.81. The molecule has 0 heterocycles. The molecule has 1 aromatic rings. The van der Waals surface area contributed by atoms with Gasteiger partial charge in [0.25, 0.3) is 0 Å². The Kier molecular flexibility index (Phi) is 6.18. The van der Waals surface area contributed by atoms with Gasteiger partial charge in [0, 0.05) is 23.3 Å². The van der Waals surface area contributed by atoms with Gasteiger partial charge in [-0.3, -0.25) is 4.79 Å². The number of carbonyl (C=O) groups is 1. The quantitative estimate of drug-likeness (QED) is 0.845. The molecule has 0 saturated carbocycles. The van der Waals surface area contributed by atoms with E-state index in [1.54, 1.807) is 7.11 Å². The number of hydrogen-bond acceptors (Lipinski definition) is 3. The van der Waals surface area contributed by atoms with E-state index in [1.165, 1.54) is 0 Å². The summed E-state index contributed by atoms with van der Waals surface area (Å²) in [6.07, 6.45) is 0. The van der Waals surface area contributed by atoms with Crippen LogP contribution in [0.4, 0.5) is 5.69 Å². The minimum atomic E-state index is -0.0638. The molecule has 1 atom stereocenters. The first-order chi connectivity index (χ1) is 8.11. The van der Waals surface area contributed by atoms with Gasteiger partial charge in [-0.1, -0.05) is 22.0 Å². The fourth-order valence-corrected chi connectivity index (χ4v) is 1.75. The van der Waals surface area contributed by atoms with Crippen molar-refractivity contribution in [3.8, 4) is 0 Å². The number of nitrogens with one attached hydrogen (secondary N) is 2. The van der Waals surface area contributed by atoms with Crippen LogP contribution in [0.15, 0.2) is 28.7 Å². The van der Waals surface area contributed by atoms with Crippen molar-refractivity contribution >= 4 is 27.5 Å². The Hall–Kier alpha value is -0.910. The van der Waals surface area contributed by atoms with Crippen molar-refractivity contribution in [2.24, 2.45) is 0 Å². The van der Waals surface area contributed by atoms with Crippen LogP contribution in [-0.2, 0) is 9.53 Å². The maximum atomic E-state index is 11.6. The first-order valence-corrected chi connectivity index (χ1v) is 6.19. The number of ether oxygens (including phenoxy) is 1. The second kappa shape index (κ2) is 7.42. The van der Waals surface area contributed by atoms with E-state index in [-0.39, 0.29) is 18.5 Å². The predicted octanol–water partition coefficient (Wildman–Crippen LogP) is 2.01. The highest BCUT2D eigenvalue weighted by molar-refractivity contribution is 9.10. The highest BCUT2D eigenvalue weighted by Crippen LogP contribution is 2.15. The van der Waals surface area contributed by atoms with Crippen molar-refractivity contribution in [2.45, 2.75) is 13.0 Å². The van der Waals surface area contributed by atoms with Gasteiger partial charge in [-0.05, 0) is 25.1 Å². The second-order valence-electron chi connectivity index (χ2n) is 3.80. The lowest BCUT2D eigenvalue weighted by atomic mass is 10.3. The van der Waals surface area contributed by atoms with Crippen LogP contribution < -0.4 is 10.6 Å². The molecule has 17 heavy (non-hydrogen) atoms. The molecule has 0 radical (unpaired) electrons. The highest BCUT2D eigenvalue weighted by atomic mass is 79.9. The molecule has 0 spiro atoms. The van der Waals surface area contributed by atoms with Crippen LogP contribution >= 0.6 is 15.9 Å². The van der Waals surface area contributed by atoms with Crippen molar-refractivity contribution in [3.05, 3.63) is 28.7 Å². The van der Waals surface area contributed by atoms with Crippen LogP contribution in [0, 0.1) is 0 Å². The molecule has 4 nitrogen and oxygen atoms in total. The molecular weight excluding hydrogens is 284 g/mol. The van der Waals surface area contributed by atoms with Crippen molar-refractivity contribution < 1.29 is 9.53 Å². The zero-order chi connectivity index (χ0) is 12.7. The summed E-state index contributed by atoms with van der Waals surface area (Å²) in [7, 11) is 1.64. The van der Waals surface area contributed by atoms with E-state index in [0.717, 1.165) is 10.2 Å². The summed E-state index contributed by atoms with van der Waals surface area (Å²) in [5.41, 5.74) is 0.783. The van der Waals surface area contributed by atoms with Crippen LogP contribution in [0.25, 0.3) is 0 Å². The Balaban J connectivity index is 2.34. The number of anilines is 1. The molecule has 1 rings (SSSR count). The number of halogens is 1. The number of amides is 1. The normalized spacial score (nSPS) is 12.2. The Morgan fingerprint density at radius 3 is 2.94 bits per heavy atom. The number of methoxy groups -OCH3 is 1. The zero-order valence-electron chi connectivity index (χ0n) is 10.00. The van der Waals surface area contributed by atoms with Gasteiger partial charge in [0.15, 0.2) is 0 Å². The number of benzene rings is 1. The molecule has 0 saturated heterocycles. The van der Waals surface area contributed by atoms with E-state index in [1.807, 2.05) is 31.2 Å². The van der Waals surface area contributed by atoms with Gasteiger partial charge in [0.05, 0.1) is 13.2 Å².